The van der Waals surface area contributed by atoms with Crippen molar-refractivity contribution in [3.8, 4) is 0 Å². The van der Waals surface area contributed by atoms with Crippen molar-refractivity contribution in [2.75, 3.05) is 0 Å². The number of hydrogen-bond donors (Lipinski definition) is 1. The van der Waals surface area contributed by atoms with E-state index in [-0.39, 0.29) is 6.04 Å². The molecule has 1 aromatic rings. The maximum absolute atomic E-state index is 6.24. The molecule has 86 valence electrons. The smallest absolute Gasteiger partial charge is 0.0554 e. The molecule has 0 aliphatic carbocycles. The lowest BCUT2D eigenvalue weighted by atomic mass is 9.95. The molecule has 3 heteroatoms. The molecule has 1 aromatic heterocycles. The first-order chi connectivity index (χ1) is 7.20. The van der Waals surface area contributed by atoms with Crippen LogP contribution in [-0.2, 0) is 6.54 Å². The fourth-order valence-corrected chi connectivity index (χ4v) is 1.95. The Hall–Kier alpha value is -0.830. The van der Waals surface area contributed by atoms with Crippen LogP contribution in [-0.4, -0.2) is 9.78 Å². The Morgan fingerprint density at radius 3 is 2.73 bits per heavy atom. The zero-order valence-corrected chi connectivity index (χ0v) is 10.1. The van der Waals surface area contributed by atoms with E-state index in [4.69, 9.17) is 5.73 Å². The number of aryl methyl sites for hydroxylation is 1. The highest BCUT2D eigenvalue weighted by Gasteiger charge is 2.17. The molecule has 0 bridgehead atoms. The molecule has 1 rings (SSSR count). The number of aromatic nitrogens is 2. The zero-order chi connectivity index (χ0) is 11.3. The molecule has 2 N–H and O–H groups in total. The molecular weight excluding hydrogens is 186 g/mol. The topological polar surface area (TPSA) is 43.8 Å². The lowest BCUT2D eigenvalue weighted by Crippen LogP contribution is -2.22. The summed E-state index contributed by atoms with van der Waals surface area (Å²) in [5.41, 5.74) is 7.42. The third-order valence-electron chi connectivity index (χ3n) is 2.88. The molecule has 0 saturated heterocycles. The third-order valence-corrected chi connectivity index (χ3v) is 2.88. The van der Waals surface area contributed by atoms with E-state index in [9.17, 15) is 0 Å². The molecule has 2 unspecified atom stereocenters. The highest BCUT2D eigenvalue weighted by atomic mass is 15.3. The van der Waals surface area contributed by atoms with Gasteiger partial charge in [0.05, 0.1) is 5.69 Å². The number of nitrogens with two attached hydrogens (primary N) is 1. The van der Waals surface area contributed by atoms with Crippen LogP contribution in [0.3, 0.4) is 0 Å². The van der Waals surface area contributed by atoms with Crippen LogP contribution in [0.15, 0.2) is 12.3 Å². The van der Waals surface area contributed by atoms with Crippen LogP contribution in [0.2, 0.25) is 0 Å². The molecule has 3 nitrogen and oxygen atoms in total. The molecular formula is C12H23N3. The van der Waals surface area contributed by atoms with Crippen molar-refractivity contribution in [1.29, 1.82) is 0 Å². The summed E-state index contributed by atoms with van der Waals surface area (Å²) in [6.07, 6.45) is 5.32. The van der Waals surface area contributed by atoms with Crippen molar-refractivity contribution < 1.29 is 0 Å². The molecule has 0 aliphatic heterocycles. The predicted octanol–water partition coefficient (Wildman–Crippen LogP) is 2.73. The van der Waals surface area contributed by atoms with Crippen molar-refractivity contribution in [2.24, 2.45) is 11.7 Å². The Morgan fingerprint density at radius 1 is 1.40 bits per heavy atom. The van der Waals surface area contributed by atoms with Crippen molar-refractivity contribution in [3.05, 3.63) is 18.0 Å². The summed E-state index contributed by atoms with van der Waals surface area (Å²) in [4.78, 5) is 0. The van der Waals surface area contributed by atoms with Crippen molar-refractivity contribution in [2.45, 2.75) is 52.6 Å². The quantitative estimate of drug-likeness (QED) is 0.783. The maximum Gasteiger partial charge on any atom is 0.0554 e. The Bertz CT molecular complexity index is 280. The minimum absolute atomic E-state index is 0.124. The van der Waals surface area contributed by atoms with E-state index in [2.05, 4.69) is 25.9 Å². The molecule has 0 spiro atoms. The summed E-state index contributed by atoms with van der Waals surface area (Å²) in [5.74, 6) is 0.530. The Morgan fingerprint density at radius 2 is 2.13 bits per heavy atom. The van der Waals surface area contributed by atoms with Gasteiger partial charge in [-0.1, -0.05) is 27.2 Å². The highest BCUT2D eigenvalue weighted by Crippen LogP contribution is 2.22. The van der Waals surface area contributed by atoms with Crippen LogP contribution in [0.5, 0.6) is 0 Å². The summed E-state index contributed by atoms with van der Waals surface area (Å²) < 4.78 is 2.04. The normalized spacial score (nSPS) is 15.2. The molecule has 2 atom stereocenters. The molecule has 0 aliphatic rings. The van der Waals surface area contributed by atoms with E-state index >= 15 is 0 Å². The third kappa shape index (κ3) is 3.06. The fraction of sp³-hybridized carbons (Fsp3) is 0.750. The molecule has 0 aromatic carbocycles. The Balaban J connectivity index is 2.71. The SMILES string of the molecule is CCCC(C)C(N)c1ccnn1CCC. The number of nitrogens with zero attached hydrogens (tertiary/aromatic N) is 2. The average Bonchev–Trinajstić information content (AvgIpc) is 2.66. The second-order valence-corrected chi connectivity index (χ2v) is 4.27. The fourth-order valence-electron chi connectivity index (χ4n) is 1.95. The lowest BCUT2D eigenvalue weighted by molar-refractivity contribution is 0.404. The van der Waals surface area contributed by atoms with Crippen LogP contribution in [0.25, 0.3) is 0 Å². The van der Waals surface area contributed by atoms with E-state index in [1.165, 1.54) is 18.5 Å². The number of rotatable bonds is 6. The summed E-state index contributed by atoms with van der Waals surface area (Å²) in [6, 6.07) is 2.17. The van der Waals surface area contributed by atoms with Crippen molar-refractivity contribution in [3.63, 3.8) is 0 Å². The molecule has 0 radical (unpaired) electrons. The standard InChI is InChI=1S/C12H23N3/c1-4-6-10(3)12(13)11-7-8-14-15(11)9-5-2/h7-8,10,12H,4-6,9,13H2,1-3H3. The highest BCUT2D eigenvalue weighted by molar-refractivity contribution is 5.07. The second-order valence-electron chi connectivity index (χ2n) is 4.27. The largest absolute Gasteiger partial charge is 0.322 e. The average molecular weight is 209 g/mol. The Kier molecular flexibility index (Phi) is 4.82. The summed E-state index contributed by atoms with van der Waals surface area (Å²) in [6.45, 7) is 7.55. The Labute approximate surface area is 92.7 Å². The van der Waals surface area contributed by atoms with E-state index in [0.717, 1.165) is 13.0 Å². The van der Waals surface area contributed by atoms with Crippen molar-refractivity contribution >= 4 is 0 Å². The van der Waals surface area contributed by atoms with Gasteiger partial charge < -0.3 is 5.73 Å². The molecule has 15 heavy (non-hydrogen) atoms. The van der Waals surface area contributed by atoms with Gasteiger partial charge in [0.15, 0.2) is 0 Å². The van der Waals surface area contributed by atoms with E-state index in [1.54, 1.807) is 0 Å². The van der Waals surface area contributed by atoms with Gasteiger partial charge in [-0.2, -0.15) is 5.10 Å². The van der Waals surface area contributed by atoms with Gasteiger partial charge in [-0.15, -0.1) is 0 Å². The van der Waals surface area contributed by atoms with Crippen LogP contribution in [0, 0.1) is 5.92 Å². The van der Waals surface area contributed by atoms with Gasteiger partial charge >= 0.3 is 0 Å². The number of hydrogen-bond acceptors (Lipinski definition) is 2. The first kappa shape index (κ1) is 12.2. The van der Waals surface area contributed by atoms with E-state index in [0.29, 0.717) is 5.92 Å². The van der Waals surface area contributed by atoms with Gasteiger partial charge in [-0.05, 0) is 24.8 Å². The summed E-state index contributed by atoms with van der Waals surface area (Å²) in [5, 5.41) is 4.31. The van der Waals surface area contributed by atoms with Crippen LogP contribution in [0.4, 0.5) is 0 Å². The molecule has 0 saturated carbocycles. The van der Waals surface area contributed by atoms with Crippen molar-refractivity contribution in [1.82, 2.24) is 9.78 Å². The van der Waals surface area contributed by atoms with E-state index < -0.39 is 0 Å². The second kappa shape index (κ2) is 5.91. The summed E-state index contributed by atoms with van der Waals surface area (Å²) in [7, 11) is 0. The summed E-state index contributed by atoms with van der Waals surface area (Å²) >= 11 is 0. The zero-order valence-electron chi connectivity index (χ0n) is 10.1. The van der Waals surface area contributed by atoms with Gasteiger partial charge in [-0.25, -0.2) is 0 Å². The molecule has 0 amide bonds. The molecule has 0 fully saturated rings. The predicted molar refractivity (Wildman–Crippen MR) is 63.5 cm³/mol. The monoisotopic (exact) mass is 209 g/mol. The van der Waals surface area contributed by atoms with Gasteiger partial charge in [-0.3, -0.25) is 4.68 Å². The lowest BCUT2D eigenvalue weighted by Gasteiger charge is -2.20. The molecule has 1 heterocycles. The first-order valence-corrected chi connectivity index (χ1v) is 5.98. The van der Waals surface area contributed by atoms with Crippen LogP contribution >= 0.6 is 0 Å². The van der Waals surface area contributed by atoms with E-state index in [1.807, 2.05) is 16.9 Å². The maximum atomic E-state index is 6.24. The minimum atomic E-state index is 0.124. The van der Waals surface area contributed by atoms with Gasteiger partial charge in [0.25, 0.3) is 0 Å². The van der Waals surface area contributed by atoms with Gasteiger partial charge in [0.1, 0.15) is 0 Å². The van der Waals surface area contributed by atoms with Crippen LogP contribution < -0.4 is 5.73 Å². The van der Waals surface area contributed by atoms with Crippen LogP contribution in [0.1, 0.15) is 51.8 Å². The van der Waals surface area contributed by atoms with Gasteiger partial charge in [0, 0.05) is 18.8 Å². The minimum Gasteiger partial charge on any atom is -0.322 e. The van der Waals surface area contributed by atoms with Gasteiger partial charge in [0.2, 0.25) is 0 Å². The first-order valence-electron chi connectivity index (χ1n) is 5.98.